The zero-order valence-electron chi connectivity index (χ0n) is 29.7. The Morgan fingerprint density at radius 2 is 1.53 bits per heavy atom. The number of hydrogen-bond donors (Lipinski definition) is 0. The second-order valence-electron chi connectivity index (χ2n) is 13.7. The molecule has 0 unspecified atom stereocenters. The number of ether oxygens (including phenoxy) is 1. The summed E-state index contributed by atoms with van der Waals surface area (Å²) in [4.78, 5) is 18.4. The highest BCUT2D eigenvalue weighted by Crippen LogP contribution is 2.32. The van der Waals surface area contributed by atoms with E-state index in [2.05, 4.69) is 30.5 Å². The first-order valence-corrected chi connectivity index (χ1v) is 18.9. The van der Waals surface area contributed by atoms with Crippen molar-refractivity contribution in [2.75, 3.05) is 10.8 Å². The highest BCUT2D eigenvalue weighted by atomic mass is 32.2. The van der Waals surface area contributed by atoms with Gasteiger partial charge in [0.15, 0.2) is 0 Å². The lowest BCUT2D eigenvalue weighted by Gasteiger charge is -2.25. The molecule has 5 rings (SSSR count). The number of benzene rings is 4. The summed E-state index contributed by atoms with van der Waals surface area (Å²) >= 11 is 0. The van der Waals surface area contributed by atoms with Crippen LogP contribution >= 0.6 is 0 Å². The molecule has 0 N–H and O–H groups in total. The van der Waals surface area contributed by atoms with E-state index in [1.54, 1.807) is 34.6 Å². The predicted octanol–water partition coefficient (Wildman–Crippen LogP) is 9.74. The van der Waals surface area contributed by atoms with Gasteiger partial charge in [-0.2, -0.15) is 0 Å². The van der Waals surface area contributed by atoms with Gasteiger partial charge in [0.05, 0.1) is 27.2 Å². The summed E-state index contributed by atoms with van der Waals surface area (Å²) in [6, 6.07) is 28.5. The number of esters is 1. The standard InChI is InChI=1S/C41H49N3O4S/c1-7-9-16-26-44(49(46,47)34-17-12-11-13-18-34)33-27-30(3)39-37(28-33)43(38(42-39)21-10-8-2)29-31-22-24-32(25-23-31)35-19-14-15-20-36(35)40(45)48-41(4,5)6/h11-15,17-20,22-25,27-28H,7-10,16,21,26,29H2,1-6H3. The lowest BCUT2D eigenvalue weighted by molar-refractivity contribution is 0.00704. The van der Waals surface area contributed by atoms with Gasteiger partial charge in [-0.25, -0.2) is 18.2 Å². The molecule has 8 heteroatoms. The summed E-state index contributed by atoms with van der Waals surface area (Å²) in [5, 5.41) is 0. The van der Waals surface area contributed by atoms with Crippen molar-refractivity contribution in [3.05, 3.63) is 114 Å². The van der Waals surface area contributed by atoms with Gasteiger partial charge in [-0.05, 0) is 93.1 Å². The highest BCUT2D eigenvalue weighted by Gasteiger charge is 2.26. The smallest absolute Gasteiger partial charge is 0.339 e. The number of carbonyl (C=O) groups is 1. The van der Waals surface area contributed by atoms with E-state index in [1.807, 2.05) is 76.2 Å². The van der Waals surface area contributed by atoms with E-state index in [9.17, 15) is 13.2 Å². The fourth-order valence-electron chi connectivity index (χ4n) is 6.10. The molecule has 0 aliphatic heterocycles. The van der Waals surface area contributed by atoms with Crippen LogP contribution in [-0.4, -0.2) is 36.1 Å². The Balaban J connectivity index is 1.54. The summed E-state index contributed by atoms with van der Waals surface area (Å²) in [6.07, 6.45) is 5.57. The first kappa shape index (κ1) is 35.9. The van der Waals surface area contributed by atoms with E-state index >= 15 is 0 Å². The summed E-state index contributed by atoms with van der Waals surface area (Å²) in [5.41, 5.74) is 6.19. The number of unbranched alkanes of at least 4 members (excludes halogenated alkanes) is 3. The van der Waals surface area contributed by atoms with Crippen LogP contribution in [0, 0.1) is 6.92 Å². The monoisotopic (exact) mass is 679 g/mol. The van der Waals surface area contributed by atoms with Crippen LogP contribution in [0.2, 0.25) is 0 Å². The summed E-state index contributed by atoms with van der Waals surface area (Å²) in [5.74, 6) is 0.640. The number of rotatable bonds is 14. The Labute approximate surface area is 292 Å². The van der Waals surface area contributed by atoms with Crippen LogP contribution in [0.3, 0.4) is 0 Å². The molecule has 0 fully saturated rings. The third-order valence-electron chi connectivity index (χ3n) is 8.60. The van der Waals surface area contributed by atoms with E-state index in [4.69, 9.17) is 9.72 Å². The first-order chi connectivity index (χ1) is 23.4. The molecule has 0 bridgehead atoms. The SMILES string of the molecule is CCCCCN(c1cc(C)c2nc(CCCC)n(Cc3ccc(-c4ccccc4C(=O)OC(C)(C)C)cc3)c2c1)S(=O)(=O)c1ccccc1. The number of aromatic nitrogens is 2. The molecule has 258 valence electrons. The Morgan fingerprint density at radius 3 is 2.20 bits per heavy atom. The van der Waals surface area contributed by atoms with Crippen molar-refractivity contribution in [2.45, 2.75) is 97.1 Å². The maximum Gasteiger partial charge on any atom is 0.339 e. The molecule has 4 aromatic carbocycles. The molecule has 0 amide bonds. The van der Waals surface area contributed by atoms with Gasteiger partial charge >= 0.3 is 5.97 Å². The van der Waals surface area contributed by atoms with Crippen molar-refractivity contribution >= 4 is 32.7 Å². The average molecular weight is 680 g/mol. The van der Waals surface area contributed by atoms with E-state index in [0.29, 0.717) is 24.3 Å². The van der Waals surface area contributed by atoms with Crippen LogP contribution in [0.5, 0.6) is 0 Å². The fraction of sp³-hybridized carbons (Fsp3) is 0.366. The van der Waals surface area contributed by atoms with Gasteiger partial charge in [0, 0.05) is 19.5 Å². The molecule has 7 nitrogen and oxygen atoms in total. The minimum absolute atomic E-state index is 0.287. The summed E-state index contributed by atoms with van der Waals surface area (Å²) in [6.45, 7) is 12.9. The number of anilines is 1. The van der Waals surface area contributed by atoms with Crippen LogP contribution in [0.1, 0.15) is 94.0 Å². The highest BCUT2D eigenvalue weighted by molar-refractivity contribution is 7.92. The van der Waals surface area contributed by atoms with Gasteiger partial charge in [0.2, 0.25) is 0 Å². The molecule has 5 aromatic rings. The Bertz CT molecular complexity index is 1990. The van der Waals surface area contributed by atoms with Crippen LogP contribution in [0.15, 0.2) is 95.9 Å². The lowest BCUT2D eigenvalue weighted by Crippen LogP contribution is -2.32. The number of hydrogen-bond acceptors (Lipinski definition) is 5. The second kappa shape index (κ2) is 15.4. The van der Waals surface area contributed by atoms with Crippen LogP contribution < -0.4 is 4.31 Å². The molecular formula is C41H49N3O4S. The third kappa shape index (κ3) is 8.42. The predicted molar refractivity (Wildman–Crippen MR) is 200 cm³/mol. The molecule has 0 saturated carbocycles. The number of sulfonamides is 1. The van der Waals surface area contributed by atoms with Crippen LogP contribution in [0.25, 0.3) is 22.2 Å². The minimum Gasteiger partial charge on any atom is -0.456 e. The van der Waals surface area contributed by atoms with E-state index < -0.39 is 15.6 Å². The Hall–Kier alpha value is -4.43. The molecule has 0 spiro atoms. The molecule has 0 aliphatic rings. The van der Waals surface area contributed by atoms with Crippen molar-refractivity contribution in [2.24, 2.45) is 0 Å². The number of nitrogens with zero attached hydrogens (tertiary/aromatic N) is 3. The van der Waals surface area contributed by atoms with Gasteiger partial charge in [-0.15, -0.1) is 0 Å². The van der Waals surface area contributed by atoms with Crippen molar-refractivity contribution in [1.29, 1.82) is 0 Å². The maximum atomic E-state index is 14.1. The van der Waals surface area contributed by atoms with Gasteiger partial charge in [0.25, 0.3) is 10.0 Å². The molecule has 1 heterocycles. The molecule has 0 saturated heterocycles. The third-order valence-corrected chi connectivity index (χ3v) is 10.4. The van der Waals surface area contributed by atoms with Crippen molar-refractivity contribution in [1.82, 2.24) is 9.55 Å². The van der Waals surface area contributed by atoms with Crippen LogP contribution in [0.4, 0.5) is 5.69 Å². The Kier molecular flexibility index (Phi) is 11.3. The van der Waals surface area contributed by atoms with Gasteiger partial charge < -0.3 is 9.30 Å². The molecule has 1 aromatic heterocycles. The Morgan fingerprint density at radius 1 is 0.857 bits per heavy atom. The molecular weight excluding hydrogens is 631 g/mol. The number of carbonyl (C=O) groups excluding carboxylic acids is 1. The molecule has 0 atom stereocenters. The van der Waals surface area contributed by atoms with Crippen molar-refractivity contribution < 1.29 is 17.9 Å². The summed E-state index contributed by atoms with van der Waals surface area (Å²) in [7, 11) is -3.78. The number of imidazole rings is 1. The number of fused-ring (bicyclic) bond motifs is 1. The van der Waals surface area contributed by atoms with Gasteiger partial charge in [-0.1, -0.05) is 93.8 Å². The maximum absolute atomic E-state index is 14.1. The number of aryl methyl sites for hydroxylation is 2. The normalized spacial score (nSPS) is 12.0. The average Bonchev–Trinajstić information content (AvgIpc) is 3.42. The zero-order chi connectivity index (χ0) is 35.2. The largest absolute Gasteiger partial charge is 0.456 e. The van der Waals surface area contributed by atoms with E-state index in [1.165, 1.54) is 0 Å². The molecule has 0 radical (unpaired) electrons. The van der Waals surface area contributed by atoms with Crippen molar-refractivity contribution in [3.8, 4) is 11.1 Å². The van der Waals surface area contributed by atoms with E-state index in [0.717, 1.165) is 77.6 Å². The fourth-order valence-corrected chi connectivity index (χ4v) is 7.61. The first-order valence-electron chi connectivity index (χ1n) is 17.4. The quantitative estimate of drug-likeness (QED) is 0.0862. The van der Waals surface area contributed by atoms with Crippen LogP contribution in [-0.2, 0) is 27.7 Å². The zero-order valence-corrected chi connectivity index (χ0v) is 30.5. The van der Waals surface area contributed by atoms with E-state index in [-0.39, 0.29) is 10.9 Å². The van der Waals surface area contributed by atoms with Gasteiger partial charge in [0.1, 0.15) is 11.4 Å². The van der Waals surface area contributed by atoms with Crippen molar-refractivity contribution in [3.63, 3.8) is 0 Å². The summed E-state index contributed by atoms with van der Waals surface area (Å²) < 4.78 is 37.6. The topological polar surface area (TPSA) is 81.5 Å². The molecule has 0 aliphatic carbocycles. The second-order valence-corrected chi connectivity index (χ2v) is 15.6. The lowest BCUT2D eigenvalue weighted by atomic mass is 9.98. The minimum atomic E-state index is -3.78. The van der Waals surface area contributed by atoms with Gasteiger partial charge in [-0.3, -0.25) is 4.31 Å². The molecule has 49 heavy (non-hydrogen) atoms.